The maximum absolute atomic E-state index is 11.9. The Morgan fingerprint density at radius 3 is 2.38 bits per heavy atom. The van der Waals surface area contributed by atoms with Crippen molar-refractivity contribution < 1.29 is 14.3 Å². The van der Waals surface area contributed by atoms with E-state index in [1.54, 1.807) is 14.0 Å². The van der Waals surface area contributed by atoms with Crippen molar-refractivity contribution in [1.82, 2.24) is 9.80 Å². The van der Waals surface area contributed by atoms with Gasteiger partial charge in [-0.05, 0) is 13.3 Å². The highest BCUT2D eigenvalue weighted by atomic mass is 16.5. The van der Waals surface area contributed by atoms with E-state index in [1.807, 2.05) is 0 Å². The molecule has 0 aromatic rings. The summed E-state index contributed by atoms with van der Waals surface area (Å²) in [7, 11) is 1.67. The summed E-state index contributed by atoms with van der Waals surface area (Å²) in [4.78, 5) is 26.6. The minimum absolute atomic E-state index is 0.00375. The van der Waals surface area contributed by atoms with Crippen LogP contribution in [-0.4, -0.2) is 54.6 Å². The molecule has 90 valence electrons. The Labute approximate surface area is 95.3 Å². The van der Waals surface area contributed by atoms with Crippen LogP contribution in [0, 0.1) is 5.41 Å². The monoisotopic (exact) mass is 226 g/mol. The molecule has 0 aromatic carbocycles. The molecule has 0 aromatic heterocycles. The van der Waals surface area contributed by atoms with Crippen molar-refractivity contribution >= 4 is 11.9 Å². The third-order valence-electron chi connectivity index (χ3n) is 3.80. The molecule has 0 radical (unpaired) electrons. The minimum atomic E-state index is -0.331. The fourth-order valence-electron chi connectivity index (χ4n) is 2.12. The van der Waals surface area contributed by atoms with Crippen LogP contribution in [0.2, 0.25) is 0 Å². The molecular formula is C11H18N2O3. The zero-order chi connectivity index (χ0) is 11.9. The number of likely N-dealkylation sites (N-methyl/N-ethyl adjacent to an activating group) is 1. The largest absolute Gasteiger partial charge is 0.380 e. The molecule has 2 rings (SSSR count). The molecule has 1 atom stereocenters. The van der Waals surface area contributed by atoms with Crippen LogP contribution in [0.1, 0.15) is 20.3 Å². The molecule has 2 fully saturated rings. The maximum Gasteiger partial charge on any atom is 0.327 e. The van der Waals surface area contributed by atoms with Gasteiger partial charge in [-0.25, -0.2) is 4.79 Å². The summed E-state index contributed by atoms with van der Waals surface area (Å²) in [6.07, 6.45) is 0.933. The lowest BCUT2D eigenvalue weighted by Gasteiger charge is -2.42. The van der Waals surface area contributed by atoms with Crippen molar-refractivity contribution in [3.05, 3.63) is 0 Å². The van der Waals surface area contributed by atoms with Crippen LogP contribution in [0.4, 0.5) is 4.79 Å². The molecule has 0 bridgehead atoms. The number of carbonyl (C=O) groups is 2. The Morgan fingerprint density at radius 2 is 2.06 bits per heavy atom. The fourth-order valence-corrected chi connectivity index (χ4v) is 2.12. The number of imide groups is 1. The van der Waals surface area contributed by atoms with Crippen molar-refractivity contribution in [2.75, 3.05) is 26.8 Å². The van der Waals surface area contributed by atoms with Gasteiger partial charge in [0.15, 0.2) is 0 Å². The third kappa shape index (κ3) is 1.50. The smallest absolute Gasteiger partial charge is 0.327 e. The van der Waals surface area contributed by atoms with E-state index >= 15 is 0 Å². The van der Waals surface area contributed by atoms with Crippen LogP contribution in [0.25, 0.3) is 0 Å². The standard InChI is InChI=1S/C11H18N2O3/c1-4-11(6-16-7-11)5-13-9(14)8(2)12(3)10(13)15/h8H,4-7H2,1-3H3. The molecule has 2 heterocycles. The number of carbonyl (C=O) groups excluding carboxylic acids is 2. The summed E-state index contributed by atoms with van der Waals surface area (Å²) in [6, 6.07) is -0.514. The van der Waals surface area contributed by atoms with Gasteiger partial charge in [-0.15, -0.1) is 0 Å². The normalized spacial score (nSPS) is 28.6. The summed E-state index contributed by atoms with van der Waals surface area (Å²) in [5.41, 5.74) is -0.00375. The summed E-state index contributed by atoms with van der Waals surface area (Å²) in [6.45, 7) is 5.63. The van der Waals surface area contributed by atoms with E-state index < -0.39 is 0 Å². The Morgan fingerprint density at radius 1 is 1.44 bits per heavy atom. The van der Waals surface area contributed by atoms with E-state index in [2.05, 4.69) is 6.92 Å². The Hall–Kier alpha value is -1.10. The fraction of sp³-hybridized carbons (Fsp3) is 0.818. The second-order valence-electron chi connectivity index (χ2n) is 4.84. The summed E-state index contributed by atoms with van der Waals surface area (Å²) < 4.78 is 5.20. The van der Waals surface area contributed by atoms with Gasteiger partial charge in [0.2, 0.25) is 0 Å². The summed E-state index contributed by atoms with van der Waals surface area (Å²) in [5, 5.41) is 0. The first-order valence-corrected chi connectivity index (χ1v) is 5.67. The van der Waals surface area contributed by atoms with E-state index in [9.17, 15) is 9.59 Å². The van der Waals surface area contributed by atoms with E-state index in [4.69, 9.17) is 4.74 Å². The van der Waals surface area contributed by atoms with Crippen LogP contribution >= 0.6 is 0 Å². The predicted octanol–water partition coefficient (Wildman–Crippen LogP) is 0.696. The van der Waals surface area contributed by atoms with E-state index in [0.717, 1.165) is 6.42 Å². The average Bonchev–Trinajstić information content (AvgIpc) is 2.40. The zero-order valence-electron chi connectivity index (χ0n) is 10.0. The molecule has 2 aliphatic rings. The van der Waals surface area contributed by atoms with Crippen LogP contribution in [-0.2, 0) is 9.53 Å². The SMILES string of the molecule is CCC1(CN2C(=O)C(C)N(C)C2=O)COC1. The molecule has 16 heavy (non-hydrogen) atoms. The van der Waals surface area contributed by atoms with Gasteiger partial charge >= 0.3 is 6.03 Å². The first-order chi connectivity index (χ1) is 7.51. The molecule has 5 heteroatoms. The van der Waals surface area contributed by atoms with Gasteiger partial charge in [-0.2, -0.15) is 0 Å². The van der Waals surface area contributed by atoms with Crippen molar-refractivity contribution in [3.8, 4) is 0 Å². The highest BCUT2D eigenvalue weighted by molar-refractivity contribution is 6.03. The lowest BCUT2D eigenvalue weighted by molar-refractivity contribution is -0.141. The van der Waals surface area contributed by atoms with E-state index in [0.29, 0.717) is 19.8 Å². The van der Waals surface area contributed by atoms with Gasteiger partial charge in [-0.1, -0.05) is 6.92 Å². The minimum Gasteiger partial charge on any atom is -0.380 e. The molecule has 2 saturated heterocycles. The number of urea groups is 1. The molecule has 0 N–H and O–H groups in total. The Kier molecular flexibility index (Phi) is 2.66. The number of hydrogen-bond donors (Lipinski definition) is 0. The Balaban J connectivity index is 2.10. The van der Waals surface area contributed by atoms with Crippen LogP contribution in [0.15, 0.2) is 0 Å². The van der Waals surface area contributed by atoms with Gasteiger partial charge in [0, 0.05) is 19.0 Å². The number of nitrogens with zero attached hydrogens (tertiary/aromatic N) is 2. The van der Waals surface area contributed by atoms with Crippen LogP contribution in [0.5, 0.6) is 0 Å². The zero-order valence-corrected chi connectivity index (χ0v) is 10.0. The number of hydrogen-bond acceptors (Lipinski definition) is 3. The highest BCUT2D eigenvalue weighted by Crippen LogP contribution is 2.33. The molecule has 5 nitrogen and oxygen atoms in total. The molecule has 0 aliphatic carbocycles. The van der Waals surface area contributed by atoms with Gasteiger partial charge < -0.3 is 9.64 Å². The maximum atomic E-state index is 11.9. The molecule has 2 aliphatic heterocycles. The topological polar surface area (TPSA) is 49.9 Å². The highest BCUT2D eigenvalue weighted by Gasteiger charge is 2.47. The lowest BCUT2D eigenvalue weighted by Crippen LogP contribution is -2.52. The molecule has 0 saturated carbocycles. The van der Waals surface area contributed by atoms with Crippen LogP contribution < -0.4 is 0 Å². The lowest BCUT2D eigenvalue weighted by atomic mass is 9.82. The summed E-state index contributed by atoms with van der Waals surface area (Å²) >= 11 is 0. The van der Waals surface area contributed by atoms with Crippen LogP contribution in [0.3, 0.4) is 0 Å². The van der Waals surface area contributed by atoms with Gasteiger partial charge in [-0.3, -0.25) is 9.69 Å². The first-order valence-electron chi connectivity index (χ1n) is 5.67. The number of amides is 3. The number of rotatable bonds is 3. The van der Waals surface area contributed by atoms with Crippen molar-refractivity contribution in [2.24, 2.45) is 5.41 Å². The quantitative estimate of drug-likeness (QED) is 0.665. The third-order valence-corrected chi connectivity index (χ3v) is 3.80. The van der Waals surface area contributed by atoms with Crippen molar-refractivity contribution in [3.63, 3.8) is 0 Å². The predicted molar refractivity (Wildman–Crippen MR) is 57.9 cm³/mol. The van der Waals surface area contributed by atoms with E-state index in [-0.39, 0.29) is 23.4 Å². The molecule has 3 amide bonds. The van der Waals surface area contributed by atoms with Crippen molar-refractivity contribution in [2.45, 2.75) is 26.3 Å². The number of ether oxygens (including phenoxy) is 1. The van der Waals surface area contributed by atoms with Gasteiger partial charge in [0.1, 0.15) is 6.04 Å². The molecule has 0 spiro atoms. The summed E-state index contributed by atoms with van der Waals surface area (Å²) in [5.74, 6) is -0.0905. The van der Waals surface area contributed by atoms with Crippen molar-refractivity contribution in [1.29, 1.82) is 0 Å². The van der Waals surface area contributed by atoms with Gasteiger partial charge in [0.05, 0.1) is 13.2 Å². The second-order valence-corrected chi connectivity index (χ2v) is 4.84. The van der Waals surface area contributed by atoms with E-state index in [1.165, 1.54) is 9.80 Å². The molecular weight excluding hydrogens is 208 g/mol. The van der Waals surface area contributed by atoms with Gasteiger partial charge in [0.25, 0.3) is 5.91 Å². The molecule has 1 unspecified atom stereocenters. The second kappa shape index (κ2) is 3.73. The first kappa shape index (κ1) is 11.4. The average molecular weight is 226 g/mol. The Bertz CT molecular complexity index is 300.